The van der Waals surface area contributed by atoms with Crippen LogP contribution in [0.5, 0.6) is 0 Å². The standard InChI is InChI=1S/C21H18IN3O2/c1-13-4-6-14(7-5-13)19-18-17(23(2)21(27)24(3)20(18)26)12-25(19)16-10-8-15(22)9-11-16/h4-12H,1-3H3. The molecule has 0 radical (unpaired) electrons. The molecule has 2 aromatic heterocycles. The fourth-order valence-electron chi connectivity index (χ4n) is 3.34. The van der Waals surface area contributed by atoms with Gasteiger partial charge in [0, 0.05) is 29.5 Å². The first-order valence-corrected chi connectivity index (χ1v) is 9.60. The van der Waals surface area contributed by atoms with E-state index in [-0.39, 0.29) is 11.2 Å². The summed E-state index contributed by atoms with van der Waals surface area (Å²) in [5, 5.41) is 0.544. The maximum Gasteiger partial charge on any atom is 0.330 e. The zero-order chi connectivity index (χ0) is 19.3. The Labute approximate surface area is 169 Å². The lowest BCUT2D eigenvalue weighted by atomic mass is 10.1. The lowest BCUT2D eigenvalue weighted by Crippen LogP contribution is -2.36. The number of aromatic nitrogens is 3. The molecule has 4 aromatic rings. The van der Waals surface area contributed by atoms with E-state index in [1.54, 1.807) is 7.05 Å². The van der Waals surface area contributed by atoms with E-state index < -0.39 is 0 Å². The lowest BCUT2D eigenvalue weighted by Gasteiger charge is -2.10. The Morgan fingerprint density at radius 1 is 0.852 bits per heavy atom. The minimum absolute atomic E-state index is 0.284. The van der Waals surface area contributed by atoms with Crippen LogP contribution >= 0.6 is 22.6 Å². The molecule has 0 amide bonds. The summed E-state index contributed by atoms with van der Waals surface area (Å²) < 4.78 is 5.82. The normalized spacial score (nSPS) is 11.3. The van der Waals surface area contributed by atoms with Crippen LogP contribution in [0.2, 0.25) is 0 Å². The highest BCUT2D eigenvalue weighted by Gasteiger charge is 2.20. The van der Waals surface area contributed by atoms with Crippen molar-refractivity contribution in [3.8, 4) is 16.9 Å². The summed E-state index contributed by atoms with van der Waals surface area (Å²) in [6.45, 7) is 2.03. The maximum atomic E-state index is 13.0. The van der Waals surface area contributed by atoms with Gasteiger partial charge < -0.3 is 4.57 Å². The predicted octanol–water partition coefficient (Wildman–Crippen LogP) is 3.61. The molecule has 0 bridgehead atoms. The van der Waals surface area contributed by atoms with Crippen LogP contribution in [0.25, 0.3) is 27.8 Å². The molecule has 0 aliphatic heterocycles. The number of halogens is 1. The molecular formula is C21H18IN3O2. The Morgan fingerprint density at radius 2 is 1.48 bits per heavy atom. The molecule has 0 atom stereocenters. The summed E-state index contributed by atoms with van der Waals surface area (Å²) in [6.07, 6.45) is 1.87. The molecule has 0 aliphatic rings. The first kappa shape index (κ1) is 17.8. The van der Waals surface area contributed by atoms with Crippen molar-refractivity contribution >= 4 is 33.5 Å². The van der Waals surface area contributed by atoms with Gasteiger partial charge in [-0.3, -0.25) is 13.9 Å². The SMILES string of the molecule is Cc1ccc(-c2c3c(=O)n(C)c(=O)n(C)c3cn2-c2ccc(I)cc2)cc1. The van der Waals surface area contributed by atoms with Gasteiger partial charge in [-0.25, -0.2) is 4.79 Å². The second-order valence-corrected chi connectivity index (χ2v) is 7.90. The molecule has 0 N–H and O–H groups in total. The Hall–Kier alpha value is -2.61. The van der Waals surface area contributed by atoms with E-state index in [2.05, 4.69) is 22.6 Å². The quantitative estimate of drug-likeness (QED) is 0.420. The highest BCUT2D eigenvalue weighted by Crippen LogP contribution is 2.31. The Bertz CT molecular complexity index is 1280. The molecule has 2 aromatic carbocycles. The van der Waals surface area contributed by atoms with Crippen molar-refractivity contribution < 1.29 is 0 Å². The van der Waals surface area contributed by atoms with Crippen LogP contribution in [0.4, 0.5) is 0 Å². The molecule has 0 aliphatic carbocycles. The van der Waals surface area contributed by atoms with Gasteiger partial charge in [0.15, 0.2) is 0 Å². The summed E-state index contributed by atoms with van der Waals surface area (Å²) in [5.74, 6) is 0. The third-order valence-electron chi connectivity index (χ3n) is 4.87. The van der Waals surface area contributed by atoms with Crippen LogP contribution in [0, 0.1) is 10.5 Å². The van der Waals surface area contributed by atoms with Crippen LogP contribution in [-0.2, 0) is 14.1 Å². The Morgan fingerprint density at radius 3 is 2.11 bits per heavy atom. The first-order chi connectivity index (χ1) is 12.9. The van der Waals surface area contributed by atoms with Crippen molar-refractivity contribution in [2.75, 3.05) is 0 Å². The van der Waals surface area contributed by atoms with Gasteiger partial charge in [-0.1, -0.05) is 29.8 Å². The zero-order valence-corrected chi connectivity index (χ0v) is 17.4. The van der Waals surface area contributed by atoms with Crippen LogP contribution in [0.15, 0.2) is 64.3 Å². The molecule has 0 saturated heterocycles. The monoisotopic (exact) mass is 471 g/mol. The van der Waals surface area contributed by atoms with Gasteiger partial charge in [0.1, 0.15) is 0 Å². The minimum Gasteiger partial charge on any atom is -0.314 e. The lowest BCUT2D eigenvalue weighted by molar-refractivity contribution is 0.714. The minimum atomic E-state index is -0.331. The molecule has 0 unspecified atom stereocenters. The van der Waals surface area contributed by atoms with E-state index >= 15 is 0 Å². The number of nitrogens with zero attached hydrogens (tertiary/aromatic N) is 3. The van der Waals surface area contributed by atoms with E-state index in [0.29, 0.717) is 10.9 Å². The van der Waals surface area contributed by atoms with E-state index in [1.807, 2.05) is 66.2 Å². The van der Waals surface area contributed by atoms with E-state index in [4.69, 9.17) is 0 Å². The highest BCUT2D eigenvalue weighted by molar-refractivity contribution is 14.1. The third-order valence-corrected chi connectivity index (χ3v) is 5.59. The van der Waals surface area contributed by atoms with E-state index in [0.717, 1.165) is 30.6 Å². The number of hydrogen-bond donors (Lipinski definition) is 0. The van der Waals surface area contributed by atoms with Gasteiger partial charge in [0.05, 0.1) is 16.6 Å². The topological polar surface area (TPSA) is 48.9 Å². The smallest absolute Gasteiger partial charge is 0.314 e. The average Bonchev–Trinajstić information content (AvgIpc) is 3.06. The Kier molecular flexibility index (Phi) is 4.30. The number of hydrogen-bond acceptors (Lipinski definition) is 2. The predicted molar refractivity (Wildman–Crippen MR) is 117 cm³/mol. The van der Waals surface area contributed by atoms with Crippen molar-refractivity contribution in [2.45, 2.75) is 6.92 Å². The van der Waals surface area contributed by atoms with Crippen LogP contribution in [0.3, 0.4) is 0 Å². The van der Waals surface area contributed by atoms with Crippen LogP contribution < -0.4 is 11.2 Å². The molecule has 5 nitrogen and oxygen atoms in total. The summed E-state index contributed by atoms with van der Waals surface area (Å²) in [5.41, 5.74) is 3.83. The van der Waals surface area contributed by atoms with Crippen molar-refractivity contribution in [1.29, 1.82) is 0 Å². The van der Waals surface area contributed by atoms with Gasteiger partial charge >= 0.3 is 5.69 Å². The summed E-state index contributed by atoms with van der Waals surface area (Å²) >= 11 is 2.27. The highest BCUT2D eigenvalue weighted by atomic mass is 127. The number of aryl methyl sites for hydroxylation is 2. The van der Waals surface area contributed by atoms with Gasteiger partial charge in [-0.05, 0) is 59.3 Å². The van der Waals surface area contributed by atoms with E-state index in [9.17, 15) is 9.59 Å². The third kappa shape index (κ3) is 2.84. The largest absolute Gasteiger partial charge is 0.330 e. The molecule has 6 heteroatoms. The molecule has 136 valence electrons. The van der Waals surface area contributed by atoms with Gasteiger partial charge in [-0.15, -0.1) is 0 Å². The molecule has 4 rings (SSSR count). The average molecular weight is 471 g/mol. The molecule has 2 heterocycles. The second kappa shape index (κ2) is 6.53. The molecule has 0 fully saturated rings. The van der Waals surface area contributed by atoms with Crippen molar-refractivity contribution in [3.05, 3.63) is 84.7 Å². The van der Waals surface area contributed by atoms with E-state index in [1.165, 1.54) is 11.6 Å². The first-order valence-electron chi connectivity index (χ1n) is 8.52. The van der Waals surface area contributed by atoms with Crippen molar-refractivity contribution in [2.24, 2.45) is 14.1 Å². The molecule has 0 saturated carbocycles. The fraction of sp³-hybridized carbons (Fsp3) is 0.143. The summed E-state index contributed by atoms with van der Waals surface area (Å²) in [4.78, 5) is 25.4. The zero-order valence-electron chi connectivity index (χ0n) is 15.2. The van der Waals surface area contributed by atoms with Crippen molar-refractivity contribution in [3.63, 3.8) is 0 Å². The fourth-order valence-corrected chi connectivity index (χ4v) is 3.70. The number of fused-ring (bicyclic) bond motifs is 1. The second-order valence-electron chi connectivity index (χ2n) is 6.66. The summed E-state index contributed by atoms with van der Waals surface area (Å²) in [6, 6.07) is 16.2. The van der Waals surface area contributed by atoms with Crippen LogP contribution in [0.1, 0.15) is 5.56 Å². The van der Waals surface area contributed by atoms with Gasteiger partial charge in [-0.2, -0.15) is 0 Å². The number of benzene rings is 2. The van der Waals surface area contributed by atoms with Gasteiger partial charge in [0.25, 0.3) is 5.56 Å². The Balaban J connectivity index is 2.18. The van der Waals surface area contributed by atoms with Crippen LogP contribution in [-0.4, -0.2) is 13.7 Å². The number of rotatable bonds is 2. The summed E-state index contributed by atoms with van der Waals surface area (Å²) in [7, 11) is 3.21. The molecule has 27 heavy (non-hydrogen) atoms. The molecular weight excluding hydrogens is 453 g/mol. The van der Waals surface area contributed by atoms with Crippen molar-refractivity contribution in [1.82, 2.24) is 13.7 Å². The molecule has 0 spiro atoms. The maximum absolute atomic E-state index is 13.0. The van der Waals surface area contributed by atoms with Gasteiger partial charge in [0.2, 0.25) is 0 Å².